The van der Waals surface area contributed by atoms with Gasteiger partial charge in [-0.3, -0.25) is 0 Å². The van der Waals surface area contributed by atoms with E-state index < -0.39 is 15.1 Å². The number of aromatic nitrogens is 3. The third kappa shape index (κ3) is 2.67. The summed E-state index contributed by atoms with van der Waals surface area (Å²) in [4.78, 5) is 8.85. The third-order valence-corrected chi connectivity index (χ3v) is 6.11. The summed E-state index contributed by atoms with van der Waals surface area (Å²) in [5.74, 6) is 0.811. The van der Waals surface area contributed by atoms with Gasteiger partial charge in [0, 0.05) is 19.3 Å². The van der Waals surface area contributed by atoms with Gasteiger partial charge < -0.3 is 9.67 Å². The molecule has 1 aliphatic heterocycles. The van der Waals surface area contributed by atoms with Gasteiger partial charge in [-0.05, 0) is 31.4 Å². The molecular formula is C14H19N3O3S. The zero-order chi connectivity index (χ0) is 14.9. The molecule has 1 N–H and O–H groups in total. The number of nitrogens with zero attached hydrogens (tertiary/aromatic N) is 3. The Hall–Kier alpha value is -1.47. The van der Waals surface area contributed by atoms with Crippen molar-refractivity contribution in [3.8, 4) is 0 Å². The number of sulfone groups is 1. The van der Waals surface area contributed by atoms with Gasteiger partial charge in [0.2, 0.25) is 0 Å². The van der Waals surface area contributed by atoms with E-state index in [1.165, 1.54) is 0 Å². The van der Waals surface area contributed by atoms with Crippen LogP contribution in [0.2, 0.25) is 0 Å². The molecule has 0 saturated carbocycles. The number of hydrogen-bond donors (Lipinski definition) is 1. The van der Waals surface area contributed by atoms with E-state index in [0.717, 1.165) is 12.8 Å². The van der Waals surface area contributed by atoms with E-state index in [1.54, 1.807) is 12.3 Å². The van der Waals surface area contributed by atoms with Crippen LogP contribution in [0.15, 0.2) is 18.3 Å². The number of aliphatic hydroxyl groups excluding tert-OH is 1. The van der Waals surface area contributed by atoms with Crippen LogP contribution in [0.4, 0.5) is 0 Å². The molecule has 1 aliphatic rings. The molecule has 6 nitrogen and oxygen atoms in total. The summed E-state index contributed by atoms with van der Waals surface area (Å²) in [6.45, 7) is 0.592. The lowest BCUT2D eigenvalue weighted by atomic mass is 10.2. The van der Waals surface area contributed by atoms with Crippen LogP contribution in [0.25, 0.3) is 11.2 Å². The van der Waals surface area contributed by atoms with Crippen LogP contribution in [0.3, 0.4) is 0 Å². The van der Waals surface area contributed by atoms with E-state index in [1.807, 2.05) is 10.6 Å². The van der Waals surface area contributed by atoms with Crippen molar-refractivity contribution in [2.24, 2.45) is 0 Å². The molecule has 0 aliphatic carbocycles. The summed E-state index contributed by atoms with van der Waals surface area (Å²) in [5, 5.41) is 8.53. The highest BCUT2D eigenvalue weighted by Gasteiger charge is 2.34. The van der Waals surface area contributed by atoms with Crippen LogP contribution in [0.1, 0.15) is 36.8 Å². The predicted molar refractivity (Wildman–Crippen MR) is 79.6 cm³/mol. The van der Waals surface area contributed by atoms with Crippen molar-refractivity contribution < 1.29 is 13.5 Å². The second-order valence-corrected chi connectivity index (χ2v) is 7.70. The fourth-order valence-electron chi connectivity index (χ4n) is 2.92. The highest BCUT2D eigenvalue weighted by molar-refractivity contribution is 7.91. The Kier molecular flexibility index (Phi) is 3.95. The maximum Gasteiger partial charge on any atom is 0.160 e. The van der Waals surface area contributed by atoms with Crippen LogP contribution >= 0.6 is 0 Å². The largest absolute Gasteiger partial charge is 0.396 e. The average Bonchev–Trinajstić information content (AvgIpc) is 2.83. The molecule has 114 valence electrons. The lowest BCUT2D eigenvalue weighted by Gasteiger charge is -2.22. The third-order valence-electron chi connectivity index (χ3n) is 3.94. The van der Waals surface area contributed by atoms with Gasteiger partial charge in [-0.25, -0.2) is 18.4 Å². The summed E-state index contributed by atoms with van der Waals surface area (Å²) < 4.78 is 26.6. The van der Waals surface area contributed by atoms with Crippen LogP contribution in [-0.2, 0) is 16.4 Å². The van der Waals surface area contributed by atoms with Crippen molar-refractivity contribution in [3.63, 3.8) is 0 Å². The van der Waals surface area contributed by atoms with Crippen LogP contribution in [-0.4, -0.2) is 40.4 Å². The molecule has 3 heterocycles. The van der Waals surface area contributed by atoms with E-state index in [-0.39, 0.29) is 12.4 Å². The first kappa shape index (κ1) is 14.5. The smallest absolute Gasteiger partial charge is 0.160 e. The summed E-state index contributed by atoms with van der Waals surface area (Å²) in [6, 6.07) is 3.64. The number of hydrogen-bond acceptors (Lipinski definition) is 5. The summed E-state index contributed by atoms with van der Waals surface area (Å²) in [7, 11) is -3.15. The molecule has 0 radical (unpaired) electrons. The number of aryl methyl sites for hydroxylation is 1. The topological polar surface area (TPSA) is 85.1 Å². The molecule has 1 fully saturated rings. The number of pyridine rings is 1. The van der Waals surface area contributed by atoms with Gasteiger partial charge in [-0.2, -0.15) is 0 Å². The van der Waals surface area contributed by atoms with E-state index in [4.69, 9.17) is 5.11 Å². The molecule has 21 heavy (non-hydrogen) atoms. The molecule has 2 aromatic rings. The van der Waals surface area contributed by atoms with Crippen molar-refractivity contribution in [3.05, 3.63) is 24.2 Å². The van der Waals surface area contributed by atoms with Crippen molar-refractivity contribution in [1.29, 1.82) is 0 Å². The fourth-order valence-corrected chi connectivity index (χ4v) is 4.83. The summed E-state index contributed by atoms with van der Waals surface area (Å²) in [5.41, 5.74) is 1.41. The quantitative estimate of drug-likeness (QED) is 0.924. The minimum absolute atomic E-state index is 0.0589. The summed E-state index contributed by atoms with van der Waals surface area (Å²) in [6.07, 6.45) is 4.49. The summed E-state index contributed by atoms with van der Waals surface area (Å²) >= 11 is 0. The monoisotopic (exact) mass is 309 g/mol. The molecule has 1 unspecified atom stereocenters. The second-order valence-electron chi connectivity index (χ2n) is 5.40. The number of aliphatic hydroxyl groups is 1. The number of imidazole rings is 1. The zero-order valence-corrected chi connectivity index (χ0v) is 12.6. The van der Waals surface area contributed by atoms with Gasteiger partial charge in [0.1, 0.15) is 16.6 Å². The first-order chi connectivity index (χ1) is 10.1. The van der Waals surface area contributed by atoms with Gasteiger partial charge in [0.15, 0.2) is 15.5 Å². The Bertz CT molecular complexity index is 739. The Morgan fingerprint density at radius 3 is 3.00 bits per heavy atom. The highest BCUT2D eigenvalue weighted by Crippen LogP contribution is 2.34. The first-order valence-corrected chi connectivity index (χ1v) is 8.98. The molecular weight excluding hydrogens is 290 g/mol. The highest BCUT2D eigenvalue weighted by atomic mass is 32.2. The van der Waals surface area contributed by atoms with E-state index in [2.05, 4.69) is 9.97 Å². The molecule has 0 amide bonds. The number of fused-ring (bicyclic) bond motifs is 1. The minimum atomic E-state index is -3.15. The van der Waals surface area contributed by atoms with Crippen molar-refractivity contribution in [2.75, 3.05) is 12.4 Å². The average molecular weight is 309 g/mol. The number of rotatable bonds is 4. The fraction of sp³-hybridized carbons (Fsp3) is 0.571. The maximum atomic E-state index is 12.4. The Morgan fingerprint density at radius 2 is 2.24 bits per heavy atom. The Balaban J connectivity index is 2.12. The van der Waals surface area contributed by atoms with Crippen molar-refractivity contribution >= 4 is 21.0 Å². The first-order valence-electron chi connectivity index (χ1n) is 7.27. The Labute approximate surface area is 123 Å². The van der Waals surface area contributed by atoms with Crippen molar-refractivity contribution in [1.82, 2.24) is 14.5 Å². The standard InChI is InChI=1S/C14H19N3O3S/c18-9-4-8-17-13-11(5-3-7-15-13)16-14(17)12-6-1-2-10-21(12,19)20/h3,5,7,12,18H,1-2,4,6,8-10H2. The SMILES string of the molecule is O=S1(=O)CCCCC1c1nc2cccnc2n1CCCO. The lowest BCUT2D eigenvalue weighted by molar-refractivity contribution is 0.279. The van der Waals surface area contributed by atoms with Gasteiger partial charge in [-0.1, -0.05) is 6.42 Å². The molecule has 0 aromatic carbocycles. The Morgan fingerprint density at radius 1 is 1.38 bits per heavy atom. The van der Waals surface area contributed by atoms with E-state index in [9.17, 15) is 8.42 Å². The van der Waals surface area contributed by atoms with Gasteiger partial charge in [0.25, 0.3) is 0 Å². The molecule has 3 rings (SSSR count). The molecule has 1 atom stereocenters. The molecule has 7 heteroatoms. The van der Waals surface area contributed by atoms with E-state index in [0.29, 0.717) is 36.4 Å². The predicted octanol–water partition coefficient (Wildman–Crippen LogP) is 1.45. The zero-order valence-electron chi connectivity index (χ0n) is 11.8. The lowest BCUT2D eigenvalue weighted by Crippen LogP contribution is -2.24. The second kappa shape index (κ2) is 5.73. The normalized spacial score (nSPS) is 21.7. The molecule has 2 aromatic heterocycles. The minimum Gasteiger partial charge on any atom is -0.396 e. The van der Waals surface area contributed by atoms with E-state index >= 15 is 0 Å². The maximum absolute atomic E-state index is 12.4. The van der Waals surface area contributed by atoms with Crippen LogP contribution < -0.4 is 0 Å². The molecule has 1 saturated heterocycles. The van der Waals surface area contributed by atoms with Gasteiger partial charge in [-0.15, -0.1) is 0 Å². The van der Waals surface area contributed by atoms with Crippen LogP contribution in [0.5, 0.6) is 0 Å². The van der Waals surface area contributed by atoms with Gasteiger partial charge >= 0.3 is 0 Å². The molecule has 0 bridgehead atoms. The van der Waals surface area contributed by atoms with Crippen molar-refractivity contribution in [2.45, 2.75) is 37.5 Å². The van der Waals surface area contributed by atoms with Gasteiger partial charge in [0.05, 0.1) is 5.75 Å². The van der Waals surface area contributed by atoms with Crippen LogP contribution in [0, 0.1) is 0 Å². The molecule has 0 spiro atoms.